The first-order chi connectivity index (χ1) is 13.8. The molecule has 1 atom stereocenters. The van der Waals surface area contributed by atoms with Crippen LogP contribution in [0, 0.1) is 25.2 Å². The lowest BCUT2D eigenvalue weighted by molar-refractivity contribution is -0.156. The number of carbonyl (C=O) groups excluding carboxylic acids is 2. The van der Waals surface area contributed by atoms with Crippen LogP contribution in [0.2, 0.25) is 0 Å². The SMILES string of the molecule is CCCn1c(C)cc(/C=C(\C#N)C(=O)O[C@@H](C(=O)N(C)C)c2ccccc2)c1C. The maximum Gasteiger partial charge on any atom is 0.350 e. The lowest BCUT2D eigenvalue weighted by Crippen LogP contribution is -2.31. The van der Waals surface area contributed by atoms with Gasteiger partial charge in [-0.1, -0.05) is 37.3 Å². The molecule has 2 aromatic rings. The van der Waals surface area contributed by atoms with E-state index < -0.39 is 12.1 Å². The van der Waals surface area contributed by atoms with Crippen LogP contribution in [0.5, 0.6) is 0 Å². The summed E-state index contributed by atoms with van der Waals surface area (Å²) in [5.74, 6) is -1.19. The second kappa shape index (κ2) is 9.74. The Kier molecular flexibility index (Phi) is 7.38. The molecule has 0 saturated heterocycles. The molecule has 0 aliphatic heterocycles. The van der Waals surface area contributed by atoms with Gasteiger partial charge in [0.1, 0.15) is 11.6 Å². The van der Waals surface area contributed by atoms with Gasteiger partial charge in [-0.05, 0) is 38.0 Å². The number of benzene rings is 1. The molecule has 0 spiro atoms. The van der Waals surface area contributed by atoms with Gasteiger partial charge in [-0.3, -0.25) is 4.79 Å². The number of likely N-dealkylation sites (N-methyl/N-ethyl adjacent to an activating group) is 1. The number of ether oxygens (including phenoxy) is 1. The third kappa shape index (κ3) is 5.14. The molecule has 2 rings (SSSR count). The van der Waals surface area contributed by atoms with E-state index in [1.165, 1.54) is 11.0 Å². The number of carbonyl (C=O) groups is 2. The molecule has 1 aromatic carbocycles. The van der Waals surface area contributed by atoms with E-state index >= 15 is 0 Å². The quantitative estimate of drug-likeness (QED) is 0.407. The Labute approximate surface area is 172 Å². The van der Waals surface area contributed by atoms with Crippen molar-refractivity contribution in [2.24, 2.45) is 0 Å². The van der Waals surface area contributed by atoms with Crippen molar-refractivity contribution >= 4 is 18.0 Å². The minimum Gasteiger partial charge on any atom is -0.443 e. The molecule has 0 unspecified atom stereocenters. The summed E-state index contributed by atoms with van der Waals surface area (Å²) in [7, 11) is 3.19. The highest BCUT2D eigenvalue weighted by Gasteiger charge is 2.28. The van der Waals surface area contributed by atoms with Crippen molar-refractivity contribution in [3.8, 4) is 6.07 Å². The number of hydrogen-bond acceptors (Lipinski definition) is 4. The predicted octanol–water partition coefficient (Wildman–Crippen LogP) is 3.79. The molecule has 0 aliphatic carbocycles. The Morgan fingerprint density at radius 3 is 2.45 bits per heavy atom. The Bertz CT molecular complexity index is 950. The minimum atomic E-state index is -1.11. The Balaban J connectivity index is 2.35. The van der Waals surface area contributed by atoms with Crippen LogP contribution in [0.3, 0.4) is 0 Å². The molecule has 0 radical (unpaired) electrons. The molecule has 0 bridgehead atoms. The van der Waals surface area contributed by atoms with Gasteiger partial charge in [0.05, 0.1) is 0 Å². The van der Waals surface area contributed by atoms with Crippen LogP contribution in [-0.4, -0.2) is 35.4 Å². The van der Waals surface area contributed by atoms with Crippen molar-refractivity contribution < 1.29 is 14.3 Å². The van der Waals surface area contributed by atoms with Crippen molar-refractivity contribution in [1.82, 2.24) is 9.47 Å². The van der Waals surface area contributed by atoms with E-state index in [9.17, 15) is 14.9 Å². The summed E-state index contributed by atoms with van der Waals surface area (Å²) >= 11 is 0. The predicted molar refractivity (Wildman–Crippen MR) is 112 cm³/mol. The Morgan fingerprint density at radius 1 is 1.24 bits per heavy atom. The van der Waals surface area contributed by atoms with E-state index in [0.29, 0.717) is 5.56 Å². The molecule has 0 saturated carbocycles. The van der Waals surface area contributed by atoms with Gasteiger partial charge in [-0.2, -0.15) is 5.26 Å². The molecule has 1 amide bonds. The lowest BCUT2D eigenvalue weighted by atomic mass is 10.1. The van der Waals surface area contributed by atoms with E-state index in [0.717, 1.165) is 29.9 Å². The first-order valence-corrected chi connectivity index (χ1v) is 9.55. The molecule has 6 nitrogen and oxygen atoms in total. The third-order valence-electron chi connectivity index (χ3n) is 4.69. The summed E-state index contributed by atoms with van der Waals surface area (Å²) < 4.78 is 7.63. The Hall–Kier alpha value is -3.33. The number of esters is 1. The van der Waals surface area contributed by atoms with Gasteiger partial charge >= 0.3 is 5.97 Å². The highest BCUT2D eigenvalue weighted by Crippen LogP contribution is 2.23. The van der Waals surface area contributed by atoms with Crippen molar-refractivity contribution in [3.63, 3.8) is 0 Å². The normalized spacial score (nSPS) is 12.2. The molecule has 0 fully saturated rings. The molecule has 1 heterocycles. The zero-order chi connectivity index (χ0) is 21.6. The monoisotopic (exact) mass is 393 g/mol. The van der Waals surface area contributed by atoms with Crippen LogP contribution < -0.4 is 0 Å². The standard InChI is InChI=1S/C23H27N3O3/c1-6-12-26-16(2)13-19(17(26)3)14-20(15-24)23(28)29-21(22(27)25(4)5)18-10-8-7-9-11-18/h7-11,13-14,21H,6,12H2,1-5H3/b20-14+/t21-/m1/s1. The smallest absolute Gasteiger partial charge is 0.350 e. The fraction of sp³-hybridized carbons (Fsp3) is 0.348. The van der Waals surface area contributed by atoms with E-state index in [4.69, 9.17) is 4.74 Å². The largest absolute Gasteiger partial charge is 0.443 e. The van der Waals surface area contributed by atoms with Crippen molar-refractivity contribution in [3.05, 3.63) is 64.5 Å². The fourth-order valence-corrected chi connectivity index (χ4v) is 3.13. The lowest BCUT2D eigenvalue weighted by Gasteiger charge is -2.21. The van der Waals surface area contributed by atoms with Gasteiger partial charge in [0, 0.05) is 37.6 Å². The minimum absolute atomic E-state index is 0.144. The van der Waals surface area contributed by atoms with Crippen molar-refractivity contribution in [1.29, 1.82) is 5.26 Å². The number of nitriles is 1. The summed E-state index contributed by atoms with van der Waals surface area (Å²) in [6.07, 6.45) is 1.40. The fourth-order valence-electron chi connectivity index (χ4n) is 3.13. The van der Waals surface area contributed by atoms with E-state index in [1.807, 2.05) is 32.0 Å². The molecule has 1 aromatic heterocycles. The zero-order valence-electron chi connectivity index (χ0n) is 17.6. The first kappa shape index (κ1) is 22.0. The highest BCUT2D eigenvalue weighted by atomic mass is 16.5. The summed E-state index contributed by atoms with van der Waals surface area (Å²) in [5.41, 5.74) is 3.24. The van der Waals surface area contributed by atoms with Gasteiger partial charge < -0.3 is 14.2 Å². The third-order valence-corrected chi connectivity index (χ3v) is 4.69. The molecule has 29 heavy (non-hydrogen) atoms. The number of aromatic nitrogens is 1. The number of rotatable bonds is 7. The molecular weight excluding hydrogens is 366 g/mol. The summed E-state index contributed by atoms with van der Waals surface area (Å²) in [4.78, 5) is 26.7. The van der Waals surface area contributed by atoms with Gasteiger partial charge in [-0.15, -0.1) is 0 Å². The molecule has 152 valence electrons. The van der Waals surface area contributed by atoms with Crippen molar-refractivity contribution in [2.45, 2.75) is 39.8 Å². The van der Waals surface area contributed by atoms with Gasteiger partial charge in [0.25, 0.3) is 5.91 Å². The summed E-state index contributed by atoms with van der Waals surface area (Å²) in [5, 5.41) is 9.54. The van der Waals surface area contributed by atoms with E-state index in [1.54, 1.807) is 38.4 Å². The maximum atomic E-state index is 12.7. The molecule has 0 N–H and O–H groups in total. The second-order valence-electron chi connectivity index (χ2n) is 7.08. The van der Waals surface area contributed by atoms with Crippen molar-refractivity contribution in [2.75, 3.05) is 14.1 Å². The number of hydrogen-bond donors (Lipinski definition) is 0. The molecule has 6 heteroatoms. The van der Waals surface area contributed by atoms with Crippen LogP contribution >= 0.6 is 0 Å². The van der Waals surface area contributed by atoms with Crippen LogP contribution in [0.25, 0.3) is 6.08 Å². The summed E-state index contributed by atoms with van der Waals surface area (Å²) in [6, 6.07) is 12.6. The first-order valence-electron chi connectivity index (χ1n) is 9.55. The number of nitrogens with zero attached hydrogens (tertiary/aromatic N) is 3. The van der Waals surface area contributed by atoms with Crippen LogP contribution in [0.15, 0.2) is 42.0 Å². The van der Waals surface area contributed by atoms with Gasteiger partial charge in [0.15, 0.2) is 0 Å². The molecular formula is C23H27N3O3. The average molecular weight is 393 g/mol. The average Bonchev–Trinajstić information content (AvgIpc) is 2.97. The van der Waals surface area contributed by atoms with Crippen LogP contribution in [-0.2, 0) is 20.9 Å². The summed E-state index contributed by atoms with van der Waals surface area (Å²) in [6.45, 7) is 6.91. The second-order valence-corrected chi connectivity index (χ2v) is 7.08. The van der Waals surface area contributed by atoms with E-state index in [-0.39, 0.29) is 11.5 Å². The van der Waals surface area contributed by atoms with Crippen LogP contribution in [0.1, 0.15) is 42.0 Å². The number of aryl methyl sites for hydroxylation is 1. The highest BCUT2D eigenvalue weighted by molar-refractivity contribution is 5.99. The van der Waals surface area contributed by atoms with Crippen LogP contribution in [0.4, 0.5) is 0 Å². The topological polar surface area (TPSA) is 75.3 Å². The number of amides is 1. The van der Waals surface area contributed by atoms with Gasteiger partial charge in [0.2, 0.25) is 6.10 Å². The zero-order valence-corrected chi connectivity index (χ0v) is 17.6. The Morgan fingerprint density at radius 2 is 1.90 bits per heavy atom. The maximum absolute atomic E-state index is 12.7. The molecule has 0 aliphatic rings. The van der Waals surface area contributed by atoms with Gasteiger partial charge in [-0.25, -0.2) is 4.79 Å². The van der Waals surface area contributed by atoms with E-state index in [2.05, 4.69) is 11.5 Å².